The lowest BCUT2D eigenvalue weighted by Crippen LogP contribution is -2.23. The Morgan fingerprint density at radius 2 is 2.04 bits per heavy atom. The van der Waals surface area contributed by atoms with E-state index in [2.05, 4.69) is 20.5 Å². The zero-order chi connectivity index (χ0) is 18.1. The number of hydrogen-bond acceptors (Lipinski definition) is 5. The van der Waals surface area contributed by atoms with Crippen LogP contribution in [0.2, 0.25) is 10.0 Å². The van der Waals surface area contributed by atoms with Gasteiger partial charge in [-0.25, -0.2) is 4.98 Å². The minimum absolute atomic E-state index is 0.0415. The number of halogens is 5. The molecule has 0 fully saturated rings. The van der Waals surface area contributed by atoms with Crippen molar-refractivity contribution in [1.29, 1.82) is 0 Å². The van der Waals surface area contributed by atoms with E-state index in [9.17, 15) is 18.0 Å². The molecule has 2 rings (SSSR count). The summed E-state index contributed by atoms with van der Waals surface area (Å²) in [6, 6.07) is 1.40. The summed E-state index contributed by atoms with van der Waals surface area (Å²) < 4.78 is 38.8. The third-order valence-electron chi connectivity index (χ3n) is 2.79. The van der Waals surface area contributed by atoms with Crippen LogP contribution in [0.15, 0.2) is 17.4 Å². The van der Waals surface area contributed by atoms with Crippen molar-refractivity contribution in [1.82, 2.24) is 19.7 Å². The summed E-state index contributed by atoms with van der Waals surface area (Å²) in [6.45, 7) is 1.51. The number of alkyl halides is 3. The van der Waals surface area contributed by atoms with Crippen LogP contribution in [0.3, 0.4) is 0 Å². The van der Waals surface area contributed by atoms with E-state index in [0.717, 1.165) is 16.3 Å². The highest BCUT2D eigenvalue weighted by Crippen LogP contribution is 2.31. The van der Waals surface area contributed by atoms with Crippen LogP contribution in [-0.4, -0.2) is 30.9 Å². The lowest BCUT2D eigenvalue weighted by atomic mass is 10.4. The fourth-order valence-corrected chi connectivity index (χ4v) is 2.84. The van der Waals surface area contributed by atoms with Crippen molar-refractivity contribution in [2.45, 2.75) is 23.5 Å². The van der Waals surface area contributed by atoms with Gasteiger partial charge in [-0.05, 0) is 13.0 Å². The number of amides is 1. The number of nitrogens with one attached hydrogen (secondary N) is 1. The van der Waals surface area contributed by atoms with E-state index in [-0.39, 0.29) is 16.0 Å². The zero-order valence-electron chi connectivity index (χ0n) is 12.2. The molecule has 130 valence electrons. The first-order valence-corrected chi connectivity index (χ1v) is 7.98. The van der Waals surface area contributed by atoms with Crippen LogP contribution in [0, 0.1) is 0 Å². The van der Waals surface area contributed by atoms with Crippen molar-refractivity contribution in [3.8, 4) is 0 Å². The Balaban J connectivity index is 2.08. The topological polar surface area (TPSA) is 72.7 Å². The number of thioether (sulfide) groups is 1. The zero-order valence-corrected chi connectivity index (χ0v) is 14.6. The Kier molecular flexibility index (Phi) is 5.61. The van der Waals surface area contributed by atoms with E-state index in [1.54, 1.807) is 0 Å². The first-order valence-electron chi connectivity index (χ1n) is 6.34. The number of hydrogen-bond donors (Lipinski definition) is 1. The number of carbonyl (C=O) groups excluding carboxylic acids is 1. The van der Waals surface area contributed by atoms with Crippen molar-refractivity contribution in [2.24, 2.45) is 7.05 Å². The number of rotatable bonds is 4. The maximum absolute atomic E-state index is 12.7. The number of pyridine rings is 1. The average Bonchev–Trinajstić information content (AvgIpc) is 2.83. The van der Waals surface area contributed by atoms with Gasteiger partial charge in [0.15, 0.2) is 11.0 Å². The van der Waals surface area contributed by atoms with Gasteiger partial charge in [-0.3, -0.25) is 4.79 Å². The van der Waals surface area contributed by atoms with Gasteiger partial charge >= 0.3 is 6.18 Å². The van der Waals surface area contributed by atoms with Gasteiger partial charge in [0.1, 0.15) is 0 Å². The van der Waals surface area contributed by atoms with Crippen molar-refractivity contribution in [3.05, 3.63) is 28.1 Å². The van der Waals surface area contributed by atoms with Gasteiger partial charge in [0.05, 0.1) is 15.3 Å². The number of nitrogens with zero attached hydrogens (tertiary/aromatic N) is 4. The Bertz CT molecular complexity index is 768. The molecule has 2 aromatic heterocycles. The van der Waals surface area contributed by atoms with Crippen LogP contribution in [0.4, 0.5) is 19.0 Å². The molecule has 0 radical (unpaired) electrons. The lowest BCUT2D eigenvalue weighted by molar-refractivity contribution is -0.147. The SMILES string of the molecule is C[C@@H](Sc1nnc(C(F)(F)F)n1C)C(=O)Nc1ncc(Cl)cc1Cl. The standard InChI is InChI=1S/C12H10Cl2F3N5OS/c1-5(9(23)19-8-7(14)3-6(13)4-18-8)24-11-21-20-10(22(11)2)12(15,16)17/h3-5H,1-2H3,(H,18,19,23)/t5-/m1/s1. The Labute approximate surface area is 148 Å². The first kappa shape index (κ1) is 18.8. The van der Waals surface area contributed by atoms with Crippen LogP contribution in [-0.2, 0) is 18.0 Å². The maximum atomic E-state index is 12.7. The summed E-state index contributed by atoms with van der Waals surface area (Å²) in [5.74, 6) is -1.54. The van der Waals surface area contributed by atoms with E-state index < -0.39 is 23.2 Å². The monoisotopic (exact) mass is 399 g/mol. The minimum Gasteiger partial charge on any atom is -0.308 e. The molecule has 0 bridgehead atoms. The molecular formula is C12H10Cl2F3N5OS. The minimum atomic E-state index is -4.62. The molecule has 2 aromatic rings. The van der Waals surface area contributed by atoms with Crippen molar-refractivity contribution >= 4 is 46.7 Å². The highest BCUT2D eigenvalue weighted by Gasteiger charge is 2.37. The van der Waals surface area contributed by atoms with Crippen molar-refractivity contribution in [2.75, 3.05) is 5.32 Å². The highest BCUT2D eigenvalue weighted by molar-refractivity contribution is 8.00. The molecule has 6 nitrogen and oxygen atoms in total. The molecule has 0 unspecified atom stereocenters. The van der Waals surface area contributed by atoms with Gasteiger partial charge in [-0.2, -0.15) is 13.2 Å². The fourth-order valence-electron chi connectivity index (χ4n) is 1.60. The molecule has 1 N–H and O–H groups in total. The summed E-state index contributed by atoms with van der Waals surface area (Å²) in [5, 5.41) is 8.67. The Hall–Kier alpha value is -1.52. The number of aromatic nitrogens is 4. The molecule has 0 aromatic carbocycles. The second-order valence-electron chi connectivity index (χ2n) is 4.60. The van der Waals surface area contributed by atoms with E-state index in [0.29, 0.717) is 5.02 Å². The molecule has 24 heavy (non-hydrogen) atoms. The summed E-state index contributed by atoms with van der Waals surface area (Å²) in [6.07, 6.45) is -3.31. The average molecular weight is 400 g/mol. The molecule has 0 spiro atoms. The highest BCUT2D eigenvalue weighted by atomic mass is 35.5. The Morgan fingerprint density at radius 3 is 2.58 bits per heavy atom. The van der Waals surface area contributed by atoms with E-state index in [1.165, 1.54) is 26.2 Å². The molecule has 1 atom stereocenters. The molecule has 12 heteroatoms. The summed E-state index contributed by atoms with van der Waals surface area (Å²) in [4.78, 5) is 16.0. The molecular weight excluding hydrogens is 390 g/mol. The van der Waals surface area contributed by atoms with Gasteiger partial charge in [0.25, 0.3) is 0 Å². The predicted octanol–water partition coefficient (Wildman–Crippen LogP) is 3.66. The number of anilines is 1. The van der Waals surface area contributed by atoms with Gasteiger partial charge < -0.3 is 9.88 Å². The second kappa shape index (κ2) is 7.16. The fraction of sp³-hybridized carbons (Fsp3) is 0.333. The lowest BCUT2D eigenvalue weighted by Gasteiger charge is -2.12. The maximum Gasteiger partial charge on any atom is 0.451 e. The van der Waals surface area contributed by atoms with Crippen LogP contribution < -0.4 is 5.32 Å². The quantitative estimate of drug-likeness (QED) is 0.794. The Morgan fingerprint density at radius 1 is 1.38 bits per heavy atom. The van der Waals surface area contributed by atoms with Crippen LogP contribution >= 0.6 is 35.0 Å². The second-order valence-corrected chi connectivity index (χ2v) is 6.75. The van der Waals surface area contributed by atoms with Gasteiger partial charge in [0.2, 0.25) is 11.7 Å². The summed E-state index contributed by atoms with van der Waals surface area (Å²) >= 11 is 12.4. The van der Waals surface area contributed by atoms with Gasteiger partial charge in [-0.1, -0.05) is 35.0 Å². The molecule has 0 aliphatic heterocycles. The molecule has 0 aliphatic carbocycles. The third-order valence-corrected chi connectivity index (χ3v) is 4.42. The predicted molar refractivity (Wildman–Crippen MR) is 84.2 cm³/mol. The van der Waals surface area contributed by atoms with Gasteiger partial charge in [0, 0.05) is 13.2 Å². The summed E-state index contributed by atoms with van der Waals surface area (Å²) in [5.41, 5.74) is 0. The molecule has 0 saturated heterocycles. The van der Waals surface area contributed by atoms with E-state index >= 15 is 0 Å². The van der Waals surface area contributed by atoms with E-state index in [1.807, 2.05) is 0 Å². The largest absolute Gasteiger partial charge is 0.451 e. The van der Waals surface area contributed by atoms with Crippen molar-refractivity contribution in [3.63, 3.8) is 0 Å². The normalized spacial score (nSPS) is 13.0. The van der Waals surface area contributed by atoms with E-state index in [4.69, 9.17) is 23.2 Å². The first-order chi connectivity index (χ1) is 11.1. The molecule has 1 amide bonds. The smallest absolute Gasteiger partial charge is 0.308 e. The van der Waals surface area contributed by atoms with Crippen molar-refractivity contribution < 1.29 is 18.0 Å². The summed E-state index contributed by atoms with van der Waals surface area (Å²) in [7, 11) is 1.17. The van der Waals surface area contributed by atoms with Crippen LogP contribution in [0.5, 0.6) is 0 Å². The van der Waals surface area contributed by atoms with Gasteiger partial charge in [-0.15, -0.1) is 10.2 Å². The molecule has 0 aliphatic rings. The number of carbonyl (C=O) groups is 1. The third kappa shape index (κ3) is 4.31. The molecule has 2 heterocycles. The molecule has 0 saturated carbocycles. The van der Waals surface area contributed by atoms with Crippen LogP contribution in [0.1, 0.15) is 12.7 Å². The van der Waals surface area contributed by atoms with Crippen LogP contribution in [0.25, 0.3) is 0 Å².